The van der Waals surface area contributed by atoms with Gasteiger partial charge in [-0.2, -0.15) is 0 Å². The molecular formula is C19H18N4O. The van der Waals surface area contributed by atoms with Crippen molar-refractivity contribution in [3.8, 4) is 0 Å². The lowest BCUT2D eigenvalue weighted by Crippen LogP contribution is -2.27. The molecule has 2 aromatic carbocycles. The van der Waals surface area contributed by atoms with Gasteiger partial charge in [0.25, 0.3) is 0 Å². The summed E-state index contributed by atoms with van der Waals surface area (Å²) in [6.45, 7) is 4.35. The van der Waals surface area contributed by atoms with Crippen LogP contribution >= 0.6 is 0 Å². The molecule has 5 nitrogen and oxygen atoms in total. The summed E-state index contributed by atoms with van der Waals surface area (Å²) in [4.78, 5) is 9.53. The molecule has 0 spiro atoms. The SMILES string of the molecule is Cc1ccc(N2CC(O)=C(c3nc4ccccc4[nH]3)C2=N)c(C)c1. The zero-order valence-corrected chi connectivity index (χ0v) is 13.6. The quantitative estimate of drug-likeness (QED) is 0.669. The molecule has 1 aliphatic heterocycles. The zero-order valence-electron chi connectivity index (χ0n) is 13.6. The van der Waals surface area contributed by atoms with Gasteiger partial charge >= 0.3 is 0 Å². The summed E-state index contributed by atoms with van der Waals surface area (Å²) in [5.41, 5.74) is 5.38. The molecule has 0 aliphatic carbocycles. The van der Waals surface area contributed by atoms with E-state index in [9.17, 15) is 5.11 Å². The van der Waals surface area contributed by atoms with E-state index in [1.165, 1.54) is 5.56 Å². The first-order valence-electron chi connectivity index (χ1n) is 7.85. The number of hydrogen-bond acceptors (Lipinski definition) is 3. The van der Waals surface area contributed by atoms with Crippen LogP contribution in [0.1, 0.15) is 17.0 Å². The van der Waals surface area contributed by atoms with Crippen molar-refractivity contribution in [1.82, 2.24) is 9.97 Å². The summed E-state index contributed by atoms with van der Waals surface area (Å²) in [5.74, 6) is 0.962. The Bertz CT molecular complexity index is 967. The van der Waals surface area contributed by atoms with Gasteiger partial charge in [-0.25, -0.2) is 4.98 Å². The molecule has 1 aliphatic rings. The number of anilines is 1. The average molecular weight is 318 g/mol. The molecule has 0 saturated heterocycles. The first-order chi connectivity index (χ1) is 11.5. The molecule has 4 rings (SSSR count). The van der Waals surface area contributed by atoms with Gasteiger partial charge in [-0.15, -0.1) is 0 Å². The summed E-state index contributed by atoms with van der Waals surface area (Å²) < 4.78 is 0. The largest absolute Gasteiger partial charge is 0.509 e. The summed E-state index contributed by atoms with van der Waals surface area (Å²) in [7, 11) is 0. The Labute approximate surface area is 139 Å². The second-order valence-electron chi connectivity index (χ2n) is 6.15. The predicted octanol–water partition coefficient (Wildman–Crippen LogP) is 3.95. The molecule has 120 valence electrons. The molecule has 0 saturated carbocycles. The summed E-state index contributed by atoms with van der Waals surface area (Å²) in [5, 5.41) is 19.0. The number of amidine groups is 1. The van der Waals surface area contributed by atoms with Crippen LogP contribution in [0.15, 0.2) is 48.2 Å². The van der Waals surface area contributed by atoms with Crippen molar-refractivity contribution in [1.29, 1.82) is 5.41 Å². The highest BCUT2D eigenvalue weighted by atomic mass is 16.3. The van der Waals surface area contributed by atoms with Crippen LogP contribution in [0, 0.1) is 19.3 Å². The van der Waals surface area contributed by atoms with Crippen LogP contribution in [-0.4, -0.2) is 27.5 Å². The zero-order chi connectivity index (χ0) is 16.8. The second kappa shape index (κ2) is 5.23. The van der Waals surface area contributed by atoms with Gasteiger partial charge in [0.1, 0.15) is 17.4 Å². The minimum absolute atomic E-state index is 0.166. The number of fused-ring (bicyclic) bond motifs is 1. The normalized spacial score (nSPS) is 14.9. The number of aromatic amines is 1. The third kappa shape index (κ3) is 2.17. The lowest BCUT2D eigenvalue weighted by Gasteiger charge is -2.21. The Morgan fingerprint density at radius 1 is 1.17 bits per heavy atom. The maximum Gasteiger partial charge on any atom is 0.145 e. The number of benzene rings is 2. The number of H-pyrrole nitrogens is 1. The molecule has 2 heterocycles. The molecule has 24 heavy (non-hydrogen) atoms. The molecule has 0 amide bonds. The van der Waals surface area contributed by atoms with Crippen molar-refractivity contribution in [2.24, 2.45) is 0 Å². The molecule has 0 atom stereocenters. The van der Waals surface area contributed by atoms with Crippen molar-refractivity contribution in [2.45, 2.75) is 13.8 Å². The maximum atomic E-state index is 10.5. The summed E-state index contributed by atoms with van der Waals surface area (Å²) in [6.07, 6.45) is 0. The van der Waals surface area contributed by atoms with Crippen LogP contribution in [0.3, 0.4) is 0 Å². The molecule has 0 fully saturated rings. The number of nitrogens with zero attached hydrogens (tertiary/aromatic N) is 2. The van der Waals surface area contributed by atoms with Crippen LogP contribution < -0.4 is 4.90 Å². The number of aliphatic hydroxyl groups excluding tert-OH is 1. The highest BCUT2D eigenvalue weighted by molar-refractivity contribution is 6.30. The van der Waals surface area contributed by atoms with Crippen LogP contribution in [0.4, 0.5) is 5.69 Å². The van der Waals surface area contributed by atoms with Gasteiger partial charge in [-0.05, 0) is 37.6 Å². The Morgan fingerprint density at radius 3 is 2.71 bits per heavy atom. The third-order valence-electron chi connectivity index (χ3n) is 4.37. The van der Waals surface area contributed by atoms with E-state index in [-0.39, 0.29) is 18.1 Å². The number of aryl methyl sites for hydroxylation is 2. The minimum atomic E-state index is 0.166. The van der Waals surface area contributed by atoms with Crippen molar-refractivity contribution >= 4 is 28.1 Å². The Balaban J connectivity index is 1.75. The molecule has 5 heteroatoms. The molecule has 1 aromatic heterocycles. The fourth-order valence-electron chi connectivity index (χ4n) is 3.21. The molecule has 0 unspecified atom stereocenters. The number of hydrogen-bond donors (Lipinski definition) is 3. The number of aliphatic hydroxyl groups is 1. The first-order valence-corrected chi connectivity index (χ1v) is 7.85. The fraction of sp³-hybridized carbons (Fsp3) is 0.158. The molecule has 3 N–H and O–H groups in total. The van der Waals surface area contributed by atoms with Crippen LogP contribution in [0.25, 0.3) is 16.6 Å². The molecular weight excluding hydrogens is 300 g/mol. The van der Waals surface area contributed by atoms with Gasteiger partial charge in [0.05, 0.1) is 23.2 Å². The number of nitrogens with one attached hydrogen (secondary N) is 2. The van der Waals surface area contributed by atoms with E-state index >= 15 is 0 Å². The topological polar surface area (TPSA) is 76.0 Å². The van der Waals surface area contributed by atoms with Crippen molar-refractivity contribution in [2.75, 3.05) is 11.4 Å². The van der Waals surface area contributed by atoms with Crippen molar-refractivity contribution < 1.29 is 5.11 Å². The van der Waals surface area contributed by atoms with E-state index in [1.54, 1.807) is 0 Å². The number of aromatic nitrogens is 2. The van der Waals surface area contributed by atoms with Crippen molar-refractivity contribution in [3.63, 3.8) is 0 Å². The Morgan fingerprint density at radius 2 is 1.96 bits per heavy atom. The highest BCUT2D eigenvalue weighted by Gasteiger charge is 2.31. The standard InChI is InChI=1S/C19H18N4O/c1-11-7-8-15(12(2)9-11)23-10-16(24)17(18(23)20)19-21-13-5-3-4-6-14(13)22-19/h3-9,20,24H,10H2,1-2H3,(H,21,22). The Kier molecular flexibility index (Phi) is 3.16. The summed E-state index contributed by atoms with van der Waals surface area (Å²) >= 11 is 0. The van der Waals surface area contributed by atoms with E-state index < -0.39 is 0 Å². The van der Waals surface area contributed by atoms with Crippen LogP contribution in [-0.2, 0) is 0 Å². The van der Waals surface area contributed by atoms with Crippen molar-refractivity contribution in [3.05, 3.63) is 65.2 Å². The van der Waals surface area contributed by atoms with Gasteiger partial charge in [0.15, 0.2) is 0 Å². The predicted molar refractivity (Wildman–Crippen MR) is 96.6 cm³/mol. The van der Waals surface area contributed by atoms with Gasteiger partial charge in [0, 0.05) is 5.69 Å². The van der Waals surface area contributed by atoms with E-state index in [0.717, 1.165) is 22.3 Å². The molecule has 0 bridgehead atoms. The monoisotopic (exact) mass is 318 g/mol. The fourth-order valence-corrected chi connectivity index (χ4v) is 3.21. The van der Waals surface area contributed by atoms with Gasteiger partial charge < -0.3 is 15.0 Å². The van der Waals surface area contributed by atoms with Gasteiger partial charge in [0.2, 0.25) is 0 Å². The summed E-state index contributed by atoms with van der Waals surface area (Å²) in [6, 6.07) is 13.8. The van der Waals surface area contributed by atoms with Gasteiger partial charge in [-0.3, -0.25) is 5.41 Å². The molecule has 0 radical (unpaired) electrons. The van der Waals surface area contributed by atoms with Gasteiger partial charge in [-0.1, -0.05) is 29.8 Å². The van der Waals surface area contributed by atoms with Crippen LogP contribution in [0.5, 0.6) is 0 Å². The van der Waals surface area contributed by atoms with Crippen LogP contribution in [0.2, 0.25) is 0 Å². The van der Waals surface area contributed by atoms with E-state index in [1.807, 2.05) is 55.1 Å². The van der Waals surface area contributed by atoms with E-state index in [0.29, 0.717) is 11.4 Å². The van der Waals surface area contributed by atoms with E-state index in [4.69, 9.17) is 5.41 Å². The number of rotatable bonds is 2. The lowest BCUT2D eigenvalue weighted by atomic mass is 10.1. The first kappa shape index (κ1) is 14.5. The van der Waals surface area contributed by atoms with E-state index in [2.05, 4.69) is 16.0 Å². The average Bonchev–Trinajstić information content (AvgIpc) is 3.08. The second-order valence-corrected chi connectivity index (χ2v) is 6.15. The lowest BCUT2D eigenvalue weighted by molar-refractivity contribution is 0.411. The minimum Gasteiger partial charge on any atom is -0.509 e. The molecule has 3 aromatic rings. The third-order valence-corrected chi connectivity index (χ3v) is 4.37. The Hall–Kier alpha value is -3.08. The smallest absolute Gasteiger partial charge is 0.145 e. The maximum absolute atomic E-state index is 10.5. The number of imidazole rings is 1. The highest BCUT2D eigenvalue weighted by Crippen LogP contribution is 2.32. The number of para-hydroxylation sites is 2.